The van der Waals surface area contributed by atoms with Crippen molar-refractivity contribution >= 4 is 55.6 Å². The van der Waals surface area contributed by atoms with E-state index in [0.29, 0.717) is 17.1 Å². The fourth-order valence-corrected chi connectivity index (χ4v) is 4.77. The number of fused-ring (bicyclic) bond motifs is 1. The Kier molecular flexibility index (Phi) is 8.67. The SMILES string of the molecule is Nc1ncc(C#CCNCO[SH](=O)=O)c2scc(-c3ccc(NC(=O)Nc4cccc(C(F)(F)F)c4)cc3)c12. The minimum absolute atomic E-state index is 0.00835. The second kappa shape index (κ2) is 12.1. The topological polar surface area (TPSA) is 135 Å². The van der Waals surface area contributed by atoms with Gasteiger partial charge in [-0.25, -0.2) is 18.2 Å². The Hall–Kier alpha value is -4.16. The molecule has 39 heavy (non-hydrogen) atoms. The minimum atomic E-state index is -4.52. The molecule has 2 aromatic heterocycles. The van der Waals surface area contributed by atoms with E-state index in [4.69, 9.17) is 5.73 Å². The number of halogens is 3. The molecule has 14 heteroatoms. The zero-order chi connectivity index (χ0) is 28.0. The molecule has 0 radical (unpaired) electrons. The summed E-state index contributed by atoms with van der Waals surface area (Å²) in [6, 6.07) is 10.5. The molecule has 0 unspecified atom stereocenters. The molecule has 5 N–H and O–H groups in total. The first-order chi connectivity index (χ1) is 18.6. The van der Waals surface area contributed by atoms with Gasteiger partial charge in [0.05, 0.1) is 22.4 Å². The van der Waals surface area contributed by atoms with E-state index in [9.17, 15) is 26.4 Å². The first-order valence-electron chi connectivity index (χ1n) is 11.1. The van der Waals surface area contributed by atoms with Gasteiger partial charge < -0.3 is 16.4 Å². The van der Waals surface area contributed by atoms with Gasteiger partial charge in [-0.05, 0) is 41.3 Å². The van der Waals surface area contributed by atoms with Crippen LogP contribution in [0.3, 0.4) is 0 Å². The van der Waals surface area contributed by atoms with Crippen molar-refractivity contribution < 1.29 is 30.6 Å². The Morgan fingerprint density at radius 2 is 1.85 bits per heavy atom. The summed E-state index contributed by atoms with van der Waals surface area (Å²) < 4.78 is 64.7. The monoisotopic (exact) mass is 575 g/mol. The van der Waals surface area contributed by atoms with Crippen LogP contribution in [0.2, 0.25) is 0 Å². The maximum absolute atomic E-state index is 12.9. The summed E-state index contributed by atoms with van der Waals surface area (Å²) in [7, 11) is -2.92. The number of nitrogens with zero attached hydrogens (tertiary/aromatic N) is 1. The molecule has 2 aromatic carbocycles. The normalized spacial score (nSPS) is 11.3. The van der Waals surface area contributed by atoms with Gasteiger partial charge in [0, 0.05) is 28.5 Å². The number of carbonyl (C=O) groups is 1. The van der Waals surface area contributed by atoms with Crippen molar-refractivity contribution in [2.24, 2.45) is 0 Å². The number of amides is 2. The molecule has 4 aromatic rings. The lowest BCUT2D eigenvalue weighted by molar-refractivity contribution is -0.137. The van der Waals surface area contributed by atoms with Crippen molar-refractivity contribution in [3.63, 3.8) is 0 Å². The highest BCUT2D eigenvalue weighted by Gasteiger charge is 2.30. The molecule has 0 aliphatic rings. The fourth-order valence-electron chi connectivity index (χ4n) is 3.52. The number of pyridine rings is 1. The van der Waals surface area contributed by atoms with Crippen LogP contribution >= 0.6 is 11.3 Å². The van der Waals surface area contributed by atoms with Gasteiger partial charge in [-0.2, -0.15) is 13.2 Å². The van der Waals surface area contributed by atoms with Crippen molar-refractivity contribution in [1.29, 1.82) is 0 Å². The number of thiophene rings is 1. The number of carbonyl (C=O) groups excluding carboxylic acids is 1. The van der Waals surface area contributed by atoms with Gasteiger partial charge in [0.1, 0.15) is 12.5 Å². The summed E-state index contributed by atoms with van der Waals surface area (Å²) in [5, 5.41) is 10.3. The van der Waals surface area contributed by atoms with Crippen molar-refractivity contribution in [3.8, 4) is 23.0 Å². The van der Waals surface area contributed by atoms with Gasteiger partial charge >= 0.3 is 12.2 Å². The Labute approximate surface area is 226 Å². The number of nitrogens with two attached hydrogens (primary N) is 1. The number of rotatable bonds is 7. The first-order valence-corrected chi connectivity index (χ1v) is 13.1. The van der Waals surface area contributed by atoms with Crippen LogP contribution in [0, 0.1) is 11.8 Å². The van der Waals surface area contributed by atoms with Crippen LogP contribution in [0.1, 0.15) is 11.1 Å². The van der Waals surface area contributed by atoms with Crippen LogP contribution in [0.25, 0.3) is 21.2 Å². The second-order valence-corrected chi connectivity index (χ2v) is 9.46. The van der Waals surface area contributed by atoms with Gasteiger partial charge in [0.15, 0.2) is 0 Å². The third-order valence-electron chi connectivity index (χ3n) is 5.23. The average Bonchev–Trinajstić information content (AvgIpc) is 3.33. The average molecular weight is 576 g/mol. The van der Waals surface area contributed by atoms with Crippen LogP contribution in [0.4, 0.5) is 35.2 Å². The van der Waals surface area contributed by atoms with E-state index in [1.165, 1.54) is 23.5 Å². The van der Waals surface area contributed by atoms with E-state index in [2.05, 4.69) is 37.0 Å². The van der Waals surface area contributed by atoms with E-state index in [0.717, 1.165) is 33.3 Å². The van der Waals surface area contributed by atoms with Crippen molar-refractivity contribution in [1.82, 2.24) is 10.3 Å². The number of anilines is 3. The summed E-state index contributed by atoms with van der Waals surface area (Å²) in [4.78, 5) is 16.6. The van der Waals surface area contributed by atoms with Gasteiger partial charge in [-0.15, -0.1) is 11.3 Å². The molecular formula is C25H20F3N5O4S2. The molecule has 0 fully saturated rings. The number of nitrogens with one attached hydrogen (secondary N) is 3. The second-order valence-electron chi connectivity index (χ2n) is 7.87. The number of benzene rings is 2. The summed E-state index contributed by atoms with van der Waals surface area (Å²) >= 11 is 1.43. The molecule has 0 saturated heterocycles. The third kappa shape index (κ3) is 7.24. The maximum atomic E-state index is 12.9. The lowest BCUT2D eigenvalue weighted by atomic mass is 10.0. The molecule has 0 bridgehead atoms. The highest BCUT2D eigenvalue weighted by atomic mass is 32.2. The van der Waals surface area contributed by atoms with E-state index >= 15 is 0 Å². The van der Waals surface area contributed by atoms with Crippen LogP contribution in [0.15, 0.2) is 60.1 Å². The quantitative estimate of drug-likeness (QED) is 0.0937. The molecule has 0 atom stereocenters. The number of alkyl halides is 3. The highest BCUT2D eigenvalue weighted by Crippen LogP contribution is 2.38. The minimum Gasteiger partial charge on any atom is -0.383 e. The molecule has 202 valence electrons. The number of aromatic nitrogens is 1. The number of thiol groups is 1. The van der Waals surface area contributed by atoms with Crippen LogP contribution < -0.4 is 21.7 Å². The van der Waals surface area contributed by atoms with Crippen LogP contribution in [-0.2, 0) is 21.3 Å². The van der Waals surface area contributed by atoms with E-state index in [1.54, 1.807) is 30.5 Å². The highest BCUT2D eigenvalue weighted by molar-refractivity contribution is 7.67. The summed E-state index contributed by atoms with van der Waals surface area (Å²) in [6.45, 7) is 0.0206. The number of nitrogen functional groups attached to an aromatic ring is 1. The smallest absolute Gasteiger partial charge is 0.383 e. The predicted molar refractivity (Wildman–Crippen MR) is 145 cm³/mol. The van der Waals surface area contributed by atoms with E-state index in [-0.39, 0.29) is 19.0 Å². The van der Waals surface area contributed by atoms with Crippen molar-refractivity contribution in [3.05, 3.63) is 71.2 Å². The fraction of sp³-hybridized carbons (Fsp3) is 0.120. The molecular weight excluding hydrogens is 555 g/mol. The lowest BCUT2D eigenvalue weighted by Crippen LogP contribution is -2.19. The third-order valence-corrected chi connectivity index (χ3v) is 6.59. The Bertz CT molecular complexity index is 1630. The predicted octanol–water partition coefficient (Wildman–Crippen LogP) is 4.65. The number of urea groups is 1. The summed E-state index contributed by atoms with van der Waals surface area (Å²) in [5.74, 6) is 6.18. The summed E-state index contributed by atoms with van der Waals surface area (Å²) in [6.07, 6.45) is -2.95. The molecule has 0 aliphatic heterocycles. The zero-order valence-electron chi connectivity index (χ0n) is 19.8. The van der Waals surface area contributed by atoms with Gasteiger partial charge in [0.25, 0.3) is 11.0 Å². The van der Waals surface area contributed by atoms with E-state index < -0.39 is 28.8 Å². The maximum Gasteiger partial charge on any atom is 0.416 e. The molecule has 0 saturated carbocycles. The van der Waals surface area contributed by atoms with Gasteiger partial charge in [-0.1, -0.05) is 30.0 Å². The standard InChI is InChI=1S/C25H20F3N5O4S2/c26-25(27,28)17-4-1-5-19(11-17)33-24(34)32-18-8-6-15(7-9-18)20-13-38-22-16(12-31-23(29)21(20)22)3-2-10-30-14-37-39(35)36/h1,4-9,11-13,30,39H,10,14H2,(H2,29,31)(H2,32,33,34). The largest absolute Gasteiger partial charge is 0.416 e. The molecule has 4 rings (SSSR count). The molecule has 9 nitrogen and oxygen atoms in total. The van der Waals surface area contributed by atoms with Crippen molar-refractivity contribution in [2.75, 3.05) is 29.6 Å². The van der Waals surface area contributed by atoms with Crippen LogP contribution in [-0.4, -0.2) is 32.7 Å². The number of hydrogen-bond donors (Lipinski definition) is 5. The van der Waals surface area contributed by atoms with Gasteiger partial charge in [-0.3, -0.25) is 9.50 Å². The number of hydrogen-bond acceptors (Lipinski definition) is 8. The molecule has 2 heterocycles. The van der Waals surface area contributed by atoms with Crippen LogP contribution in [0.5, 0.6) is 0 Å². The molecule has 0 aliphatic carbocycles. The first kappa shape index (κ1) is 27.9. The lowest BCUT2D eigenvalue weighted by Gasteiger charge is -2.11. The Morgan fingerprint density at radius 1 is 1.10 bits per heavy atom. The Morgan fingerprint density at radius 3 is 2.56 bits per heavy atom. The molecule has 0 spiro atoms. The summed E-state index contributed by atoms with van der Waals surface area (Å²) in [5.41, 5.74) is 8.00. The Balaban J connectivity index is 1.46. The zero-order valence-corrected chi connectivity index (χ0v) is 21.5. The van der Waals surface area contributed by atoms with Crippen molar-refractivity contribution in [2.45, 2.75) is 6.18 Å². The van der Waals surface area contributed by atoms with E-state index in [1.807, 2.05) is 5.38 Å². The molecule has 2 amide bonds. The van der Waals surface area contributed by atoms with Gasteiger partial charge in [0.2, 0.25) is 0 Å².